The molecule has 5 nitrogen and oxygen atoms in total. The van der Waals surface area contributed by atoms with Crippen molar-refractivity contribution in [2.75, 3.05) is 6.54 Å². The lowest BCUT2D eigenvalue weighted by Gasteiger charge is -2.10. The van der Waals surface area contributed by atoms with Gasteiger partial charge in [-0.05, 0) is 72.3 Å². The maximum Gasteiger partial charge on any atom is 0.329 e. The van der Waals surface area contributed by atoms with Gasteiger partial charge in [0.15, 0.2) is 0 Å². The molecule has 0 unspecified atom stereocenters. The first-order valence-electron chi connectivity index (χ1n) is 7.82. The van der Waals surface area contributed by atoms with E-state index in [0.29, 0.717) is 0 Å². The fourth-order valence-corrected chi connectivity index (χ4v) is 3.49. The number of aryl methyl sites for hydroxylation is 1. The third kappa shape index (κ3) is 3.26. The second kappa shape index (κ2) is 6.87. The van der Waals surface area contributed by atoms with Gasteiger partial charge in [0.05, 0.1) is 0 Å². The number of carbonyl (C=O) groups is 2. The Hall–Kier alpha value is -2.35. The highest BCUT2D eigenvalue weighted by atomic mass is 127. The number of nitrogens with zero attached hydrogens (tertiary/aromatic N) is 2. The van der Waals surface area contributed by atoms with E-state index in [2.05, 4.69) is 45.1 Å². The van der Waals surface area contributed by atoms with Gasteiger partial charge in [-0.2, -0.15) is 0 Å². The number of carbonyl (C=O) groups excluding carboxylic acids is 2. The van der Waals surface area contributed by atoms with Gasteiger partial charge in [-0.1, -0.05) is 12.1 Å². The van der Waals surface area contributed by atoms with Gasteiger partial charge in [-0.15, -0.1) is 6.58 Å². The van der Waals surface area contributed by atoms with E-state index in [0.717, 1.165) is 31.1 Å². The largest absolute Gasteiger partial charge is 0.329 e. The van der Waals surface area contributed by atoms with Crippen molar-refractivity contribution in [2.24, 2.45) is 0 Å². The topological polar surface area (TPSA) is 54.3 Å². The number of halogens is 1. The Morgan fingerprint density at radius 2 is 2.00 bits per heavy atom. The minimum absolute atomic E-state index is 0.198. The van der Waals surface area contributed by atoms with E-state index in [-0.39, 0.29) is 18.1 Å². The van der Waals surface area contributed by atoms with E-state index in [4.69, 9.17) is 0 Å². The Kier molecular flexibility index (Phi) is 4.80. The van der Waals surface area contributed by atoms with Gasteiger partial charge in [0.25, 0.3) is 5.91 Å². The van der Waals surface area contributed by atoms with Crippen molar-refractivity contribution < 1.29 is 9.59 Å². The second-order valence-corrected chi connectivity index (χ2v) is 7.08. The smallest absolute Gasteiger partial charge is 0.318 e. The molecular weight excluding hydrogens is 429 g/mol. The van der Waals surface area contributed by atoms with Gasteiger partial charge < -0.3 is 9.88 Å². The molecule has 3 rings (SSSR count). The molecule has 2 heterocycles. The summed E-state index contributed by atoms with van der Waals surface area (Å²) in [5, 5.41) is 2.63. The molecule has 0 saturated carbocycles. The Labute approximate surface area is 160 Å². The molecule has 1 N–H and O–H groups in total. The van der Waals surface area contributed by atoms with E-state index >= 15 is 0 Å². The van der Waals surface area contributed by atoms with Crippen LogP contribution in [0.1, 0.15) is 17.0 Å². The van der Waals surface area contributed by atoms with Crippen LogP contribution in [0.2, 0.25) is 0 Å². The van der Waals surface area contributed by atoms with Crippen molar-refractivity contribution in [3.63, 3.8) is 0 Å². The minimum atomic E-state index is -0.414. The summed E-state index contributed by atoms with van der Waals surface area (Å²) in [6, 6.07) is 9.81. The van der Waals surface area contributed by atoms with Crippen molar-refractivity contribution in [3.8, 4) is 5.69 Å². The van der Waals surface area contributed by atoms with Gasteiger partial charge in [0, 0.05) is 27.2 Å². The molecule has 1 aromatic carbocycles. The maximum absolute atomic E-state index is 12.3. The quantitative estimate of drug-likeness (QED) is 0.336. The number of urea groups is 1. The summed E-state index contributed by atoms with van der Waals surface area (Å²) in [5.74, 6) is -0.330. The number of nitrogens with one attached hydrogen (secondary N) is 1. The molecule has 128 valence electrons. The molecule has 0 bridgehead atoms. The molecule has 6 heteroatoms. The Balaban J connectivity index is 2.00. The highest BCUT2D eigenvalue weighted by Gasteiger charge is 2.32. The highest BCUT2D eigenvalue weighted by molar-refractivity contribution is 14.1. The van der Waals surface area contributed by atoms with Crippen molar-refractivity contribution >= 4 is 40.6 Å². The van der Waals surface area contributed by atoms with Crippen LogP contribution in [-0.4, -0.2) is 28.0 Å². The van der Waals surface area contributed by atoms with Crippen LogP contribution >= 0.6 is 22.6 Å². The first-order chi connectivity index (χ1) is 11.9. The Morgan fingerprint density at radius 3 is 2.68 bits per heavy atom. The number of amides is 3. The van der Waals surface area contributed by atoms with Gasteiger partial charge in [0.1, 0.15) is 5.70 Å². The zero-order valence-electron chi connectivity index (χ0n) is 14.0. The first kappa shape index (κ1) is 17.5. The molecule has 25 heavy (non-hydrogen) atoms. The van der Waals surface area contributed by atoms with Crippen molar-refractivity contribution in [2.45, 2.75) is 13.8 Å². The third-order valence-electron chi connectivity index (χ3n) is 4.11. The number of rotatable bonds is 4. The van der Waals surface area contributed by atoms with Gasteiger partial charge in [0.2, 0.25) is 0 Å². The SMILES string of the molecule is C=CCN1C(=O)N/C(=C/c2cc(C)n(-c3cccc(I)c3)c2C)C1=O. The predicted octanol–water partition coefficient (Wildman–Crippen LogP) is 3.78. The molecule has 0 aliphatic carbocycles. The maximum atomic E-state index is 12.3. The van der Waals surface area contributed by atoms with Crippen LogP contribution in [0.15, 0.2) is 48.7 Å². The molecule has 0 radical (unpaired) electrons. The summed E-state index contributed by atoms with van der Waals surface area (Å²) in [6.45, 7) is 7.80. The average molecular weight is 447 g/mol. The van der Waals surface area contributed by atoms with E-state index in [1.807, 2.05) is 38.1 Å². The van der Waals surface area contributed by atoms with Crippen LogP contribution in [0.25, 0.3) is 11.8 Å². The highest BCUT2D eigenvalue weighted by Crippen LogP contribution is 2.24. The normalized spacial score (nSPS) is 15.8. The average Bonchev–Trinajstić information content (AvgIpc) is 2.98. The zero-order valence-corrected chi connectivity index (χ0v) is 16.2. The minimum Gasteiger partial charge on any atom is -0.318 e. The number of hydrogen-bond donors (Lipinski definition) is 1. The number of aromatic nitrogens is 1. The molecule has 0 spiro atoms. The summed E-state index contributed by atoms with van der Waals surface area (Å²) >= 11 is 2.29. The lowest BCUT2D eigenvalue weighted by Crippen LogP contribution is -2.30. The Morgan fingerprint density at radius 1 is 1.24 bits per heavy atom. The molecule has 1 saturated heterocycles. The summed E-state index contributed by atoms with van der Waals surface area (Å²) in [7, 11) is 0. The number of hydrogen-bond acceptors (Lipinski definition) is 2. The molecule has 1 aliphatic heterocycles. The van der Waals surface area contributed by atoms with Crippen LogP contribution in [0.3, 0.4) is 0 Å². The molecule has 1 aliphatic rings. The molecule has 3 amide bonds. The fraction of sp³-hybridized carbons (Fsp3) is 0.158. The lowest BCUT2D eigenvalue weighted by atomic mass is 10.2. The molecule has 1 fully saturated rings. The summed E-state index contributed by atoms with van der Waals surface area (Å²) < 4.78 is 3.29. The Bertz CT molecular complexity index is 911. The van der Waals surface area contributed by atoms with Gasteiger partial charge in [-0.25, -0.2) is 4.79 Å². The van der Waals surface area contributed by atoms with Crippen LogP contribution in [0, 0.1) is 17.4 Å². The number of benzene rings is 1. The van der Waals surface area contributed by atoms with E-state index < -0.39 is 6.03 Å². The van der Waals surface area contributed by atoms with Crippen LogP contribution in [0.5, 0.6) is 0 Å². The van der Waals surface area contributed by atoms with E-state index in [1.165, 1.54) is 6.08 Å². The standard InChI is InChI=1S/C19H18IN3O2/c1-4-8-22-18(24)17(21-19(22)25)10-14-9-12(2)23(13(14)3)16-7-5-6-15(20)11-16/h4-7,9-11H,1,8H2,2-3H3,(H,21,25)/b17-10+. The fourth-order valence-electron chi connectivity index (χ4n) is 2.97. The summed E-state index contributed by atoms with van der Waals surface area (Å²) in [6.07, 6.45) is 3.26. The van der Waals surface area contributed by atoms with Crippen molar-refractivity contribution in [3.05, 3.63) is 69.2 Å². The van der Waals surface area contributed by atoms with Crippen LogP contribution < -0.4 is 5.32 Å². The van der Waals surface area contributed by atoms with Gasteiger partial charge in [-0.3, -0.25) is 9.69 Å². The molecule has 1 aromatic heterocycles. The van der Waals surface area contributed by atoms with Crippen LogP contribution in [0.4, 0.5) is 4.79 Å². The molecule has 2 aromatic rings. The second-order valence-electron chi connectivity index (χ2n) is 5.83. The van der Waals surface area contributed by atoms with E-state index in [1.54, 1.807) is 6.08 Å². The summed E-state index contributed by atoms with van der Waals surface area (Å²) in [5.41, 5.74) is 4.33. The van der Waals surface area contributed by atoms with Gasteiger partial charge >= 0.3 is 6.03 Å². The third-order valence-corrected chi connectivity index (χ3v) is 4.78. The van der Waals surface area contributed by atoms with E-state index in [9.17, 15) is 9.59 Å². The monoisotopic (exact) mass is 447 g/mol. The summed E-state index contributed by atoms with van der Waals surface area (Å²) in [4.78, 5) is 25.4. The zero-order chi connectivity index (χ0) is 18.1. The molecule has 0 atom stereocenters. The van der Waals surface area contributed by atoms with Crippen LogP contribution in [-0.2, 0) is 4.79 Å². The number of imide groups is 1. The lowest BCUT2D eigenvalue weighted by molar-refractivity contribution is -0.122. The first-order valence-corrected chi connectivity index (χ1v) is 8.90. The van der Waals surface area contributed by atoms with Crippen molar-refractivity contribution in [1.29, 1.82) is 0 Å². The molecular formula is C19H18IN3O2. The van der Waals surface area contributed by atoms with Crippen molar-refractivity contribution in [1.82, 2.24) is 14.8 Å². The predicted molar refractivity (Wildman–Crippen MR) is 106 cm³/mol.